The molecule has 2 aliphatic rings. The number of hydrogen-bond donors (Lipinski definition) is 1. The average Bonchev–Trinajstić information content (AvgIpc) is 3.17. The second-order valence-corrected chi connectivity index (χ2v) is 6.88. The first-order valence-electron chi connectivity index (χ1n) is 8.57. The molecule has 0 amide bonds. The van der Waals surface area contributed by atoms with Crippen molar-refractivity contribution in [3.63, 3.8) is 0 Å². The maximum atomic E-state index is 3.60. The summed E-state index contributed by atoms with van der Waals surface area (Å²) in [7, 11) is 2.13. The number of nitrogens with one attached hydrogen (secondary N) is 1. The van der Waals surface area contributed by atoms with Crippen molar-refractivity contribution in [2.45, 2.75) is 51.0 Å². The summed E-state index contributed by atoms with van der Waals surface area (Å²) in [6, 6.07) is 12.2. The molecule has 1 fully saturated rings. The Morgan fingerprint density at radius 2 is 1.81 bits per heavy atom. The summed E-state index contributed by atoms with van der Waals surface area (Å²) in [6.45, 7) is 0. The molecule has 2 aliphatic carbocycles. The van der Waals surface area contributed by atoms with Gasteiger partial charge in [-0.05, 0) is 59.7 Å². The predicted octanol–water partition coefficient (Wildman–Crippen LogP) is 4.78. The number of hydrogen-bond acceptors (Lipinski definition) is 1. The first kappa shape index (κ1) is 13.3. The van der Waals surface area contributed by atoms with Gasteiger partial charge in [-0.25, -0.2) is 0 Å². The molecule has 0 spiro atoms. The van der Waals surface area contributed by atoms with E-state index in [0.717, 1.165) is 5.92 Å². The molecule has 1 heteroatoms. The minimum atomic E-state index is 0.512. The molecular weight excluding hydrogens is 254 g/mol. The van der Waals surface area contributed by atoms with Crippen molar-refractivity contribution in [3.05, 3.63) is 47.0 Å². The number of rotatable bonds is 4. The maximum absolute atomic E-state index is 3.60. The third kappa shape index (κ3) is 2.28. The van der Waals surface area contributed by atoms with Gasteiger partial charge in [0.2, 0.25) is 0 Å². The second kappa shape index (κ2) is 5.46. The SMILES string of the molecule is CNC(CC1CCCC1)c1ccc2c3c(cccc13)CC2. The van der Waals surface area contributed by atoms with E-state index in [0.29, 0.717) is 6.04 Å². The lowest BCUT2D eigenvalue weighted by atomic mass is 9.89. The van der Waals surface area contributed by atoms with Crippen LogP contribution >= 0.6 is 0 Å². The summed E-state index contributed by atoms with van der Waals surface area (Å²) in [5.74, 6) is 0.922. The molecule has 110 valence electrons. The largest absolute Gasteiger partial charge is 0.313 e. The molecule has 0 heterocycles. The molecular formula is C20H25N. The standard InChI is InChI=1S/C20H25N/c1-21-19(13-14-5-2-3-6-14)17-12-11-16-10-9-15-7-4-8-18(17)20(15)16/h4,7-8,11-12,14,19,21H,2-3,5-6,9-10,13H2,1H3. The second-order valence-electron chi connectivity index (χ2n) is 6.88. The van der Waals surface area contributed by atoms with Crippen LogP contribution in [0.15, 0.2) is 30.3 Å². The van der Waals surface area contributed by atoms with Gasteiger partial charge >= 0.3 is 0 Å². The summed E-state index contributed by atoms with van der Waals surface area (Å²) in [4.78, 5) is 0. The Balaban J connectivity index is 1.75. The fraction of sp³-hybridized carbons (Fsp3) is 0.500. The number of aryl methyl sites for hydroxylation is 2. The van der Waals surface area contributed by atoms with Crippen LogP contribution in [-0.4, -0.2) is 7.05 Å². The van der Waals surface area contributed by atoms with Gasteiger partial charge in [0, 0.05) is 6.04 Å². The van der Waals surface area contributed by atoms with Crippen LogP contribution in [0, 0.1) is 5.92 Å². The summed E-state index contributed by atoms with van der Waals surface area (Å²) >= 11 is 0. The van der Waals surface area contributed by atoms with Gasteiger partial charge in [0.05, 0.1) is 0 Å². The monoisotopic (exact) mass is 279 g/mol. The third-order valence-electron chi connectivity index (χ3n) is 5.68. The van der Waals surface area contributed by atoms with Gasteiger partial charge in [-0.2, -0.15) is 0 Å². The minimum absolute atomic E-state index is 0.512. The molecule has 1 nitrogen and oxygen atoms in total. The maximum Gasteiger partial charge on any atom is 0.0326 e. The zero-order valence-corrected chi connectivity index (χ0v) is 13.0. The van der Waals surface area contributed by atoms with Crippen LogP contribution < -0.4 is 5.32 Å². The van der Waals surface area contributed by atoms with Crippen molar-refractivity contribution in [2.24, 2.45) is 5.92 Å². The van der Waals surface area contributed by atoms with Gasteiger partial charge in [-0.1, -0.05) is 56.0 Å². The third-order valence-corrected chi connectivity index (χ3v) is 5.68. The van der Waals surface area contributed by atoms with E-state index >= 15 is 0 Å². The van der Waals surface area contributed by atoms with Crippen molar-refractivity contribution >= 4 is 10.8 Å². The zero-order valence-electron chi connectivity index (χ0n) is 13.0. The molecule has 0 radical (unpaired) electrons. The average molecular weight is 279 g/mol. The van der Waals surface area contributed by atoms with E-state index in [1.54, 1.807) is 16.5 Å². The summed E-state index contributed by atoms with van der Waals surface area (Å²) in [6.07, 6.45) is 9.48. The van der Waals surface area contributed by atoms with Crippen LogP contribution in [0.2, 0.25) is 0 Å². The van der Waals surface area contributed by atoms with Crippen LogP contribution in [-0.2, 0) is 12.8 Å². The van der Waals surface area contributed by atoms with E-state index in [4.69, 9.17) is 0 Å². The molecule has 1 saturated carbocycles. The lowest BCUT2D eigenvalue weighted by Gasteiger charge is -2.22. The zero-order chi connectivity index (χ0) is 14.2. The number of benzene rings is 2. The Kier molecular flexibility index (Phi) is 3.46. The Bertz CT molecular complexity index is 642. The highest BCUT2D eigenvalue weighted by Crippen LogP contribution is 2.38. The van der Waals surface area contributed by atoms with Gasteiger partial charge in [0.15, 0.2) is 0 Å². The van der Waals surface area contributed by atoms with Crippen molar-refractivity contribution in [3.8, 4) is 0 Å². The predicted molar refractivity (Wildman–Crippen MR) is 89.7 cm³/mol. The summed E-state index contributed by atoms with van der Waals surface area (Å²) < 4.78 is 0. The summed E-state index contributed by atoms with van der Waals surface area (Å²) in [5.41, 5.74) is 4.63. The van der Waals surface area contributed by atoms with E-state index in [1.807, 2.05) is 0 Å². The van der Waals surface area contributed by atoms with Crippen LogP contribution in [0.5, 0.6) is 0 Å². The molecule has 2 aromatic carbocycles. The Hall–Kier alpha value is -1.34. The molecule has 1 N–H and O–H groups in total. The minimum Gasteiger partial charge on any atom is -0.313 e. The molecule has 21 heavy (non-hydrogen) atoms. The van der Waals surface area contributed by atoms with Crippen LogP contribution in [0.1, 0.15) is 54.8 Å². The van der Waals surface area contributed by atoms with Crippen molar-refractivity contribution in [2.75, 3.05) is 7.05 Å². The highest BCUT2D eigenvalue weighted by Gasteiger charge is 2.23. The Morgan fingerprint density at radius 3 is 2.57 bits per heavy atom. The van der Waals surface area contributed by atoms with Gasteiger partial charge in [0.1, 0.15) is 0 Å². The van der Waals surface area contributed by atoms with E-state index in [1.165, 1.54) is 55.9 Å². The van der Waals surface area contributed by atoms with E-state index in [-0.39, 0.29) is 0 Å². The van der Waals surface area contributed by atoms with Gasteiger partial charge in [-0.15, -0.1) is 0 Å². The molecule has 0 aromatic heterocycles. The fourth-order valence-corrected chi connectivity index (χ4v) is 4.55. The highest BCUT2D eigenvalue weighted by atomic mass is 14.9. The van der Waals surface area contributed by atoms with Gasteiger partial charge in [0.25, 0.3) is 0 Å². The van der Waals surface area contributed by atoms with Crippen LogP contribution in [0.3, 0.4) is 0 Å². The molecule has 0 saturated heterocycles. The normalized spacial score (nSPS) is 19.5. The van der Waals surface area contributed by atoms with Crippen molar-refractivity contribution in [1.82, 2.24) is 5.32 Å². The van der Waals surface area contributed by atoms with Crippen molar-refractivity contribution < 1.29 is 0 Å². The molecule has 2 aromatic rings. The fourth-order valence-electron chi connectivity index (χ4n) is 4.55. The first-order chi connectivity index (χ1) is 10.4. The quantitative estimate of drug-likeness (QED) is 0.849. The van der Waals surface area contributed by atoms with Crippen LogP contribution in [0.25, 0.3) is 10.8 Å². The molecule has 4 rings (SSSR count). The smallest absolute Gasteiger partial charge is 0.0326 e. The topological polar surface area (TPSA) is 12.0 Å². The van der Waals surface area contributed by atoms with E-state index < -0.39 is 0 Å². The molecule has 1 unspecified atom stereocenters. The molecule has 0 aliphatic heterocycles. The van der Waals surface area contributed by atoms with Crippen LogP contribution in [0.4, 0.5) is 0 Å². The molecule has 1 atom stereocenters. The molecule has 0 bridgehead atoms. The summed E-state index contributed by atoms with van der Waals surface area (Å²) in [5, 5.41) is 6.65. The van der Waals surface area contributed by atoms with Crippen molar-refractivity contribution in [1.29, 1.82) is 0 Å². The van der Waals surface area contributed by atoms with E-state index in [9.17, 15) is 0 Å². The first-order valence-corrected chi connectivity index (χ1v) is 8.57. The van der Waals surface area contributed by atoms with Gasteiger partial charge in [-0.3, -0.25) is 0 Å². The lowest BCUT2D eigenvalue weighted by molar-refractivity contribution is 0.415. The Labute approximate surface area is 127 Å². The lowest BCUT2D eigenvalue weighted by Crippen LogP contribution is -2.19. The Morgan fingerprint density at radius 1 is 1.05 bits per heavy atom. The van der Waals surface area contributed by atoms with Gasteiger partial charge < -0.3 is 5.32 Å². The van der Waals surface area contributed by atoms with E-state index in [2.05, 4.69) is 42.7 Å². The highest BCUT2D eigenvalue weighted by molar-refractivity contribution is 5.93.